The maximum absolute atomic E-state index is 11.0. The summed E-state index contributed by atoms with van der Waals surface area (Å²) in [6, 6.07) is 0. The summed E-state index contributed by atoms with van der Waals surface area (Å²) in [6.45, 7) is 0. The van der Waals surface area contributed by atoms with Gasteiger partial charge in [-0.25, -0.2) is 0 Å². The van der Waals surface area contributed by atoms with Crippen LogP contribution in [0.4, 0.5) is 0 Å². The molecule has 0 aromatic rings. The molecule has 2 nitrogen and oxygen atoms in total. The van der Waals surface area contributed by atoms with Crippen molar-refractivity contribution in [1.82, 2.24) is 0 Å². The molecular weight excluding hydrogens is 200 g/mol. The first-order valence-corrected chi connectivity index (χ1v) is 6.34. The molecule has 0 aromatic heterocycles. The lowest BCUT2D eigenvalue weighted by molar-refractivity contribution is -0.142. The first-order valence-electron chi connectivity index (χ1n) is 6.34. The van der Waals surface area contributed by atoms with Gasteiger partial charge < -0.3 is 5.11 Å². The minimum absolute atomic E-state index is 0.135. The van der Waals surface area contributed by atoms with E-state index < -0.39 is 5.97 Å². The van der Waals surface area contributed by atoms with E-state index in [0.29, 0.717) is 0 Å². The van der Waals surface area contributed by atoms with Gasteiger partial charge in [-0.15, -0.1) is 0 Å². The van der Waals surface area contributed by atoms with Crippen molar-refractivity contribution in [2.24, 2.45) is 5.92 Å². The van der Waals surface area contributed by atoms with E-state index in [2.05, 4.69) is 12.2 Å². The molecule has 0 saturated carbocycles. The fourth-order valence-corrected chi connectivity index (χ4v) is 2.70. The maximum Gasteiger partial charge on any atom is 0.306 e. The molecule has 2 aliphatic rings. The summed E-state index contributed by atoms with van der Waals surface area (Å²) in [5.74, 6) is -0.757. The van der Waals surface area contributed by atoms with Crippen LogP contribution in [0.1, 0.15) is 51.4 Å². The molecule has 0 bridgehead atoms. The van der Waals surface area contributed by atoms with Gasteiger partial charge in [0, 0.05) is 0 Å². The summed E-state index contributed by atoms with van der Waals surface area (Å²) in [7, 11) is 0. The summed E-state index contributed by atoms with van der Waals surface area (Å²) >= 11 is 0. The van der Waals surface area contributed by atoms with E-state index in [1.807, 2.05) is 0 Å². The maximum atomic E-state index is 11.0. The van der Waals surface area contributed by atoms with Crippen LogP contribution in [0.3, 0.4) is 0 Å². The number of hydrogen-bond donors (Lipinski definition) is 1. The van der Waals surface area contributed by atoms with Crippen molar-refractivity contribution in [1.29, 1.82) is 0 Å². The van der Waals surface area contributed by atoms with Crippen LogP contribution in [-0.4, -0.2) is 11.1 Å². The van der Waals surface area contributed by atoms with Crippen LogP contribution in [0.5, 0.6) is 0 Å². The van der Waals surface area contributed by atoms with Gasteiger partial charge >= 0.3 is 5.97 Å². The zero-order chi connectivity index (χ0) is 11.4. The van der Waals surface area contributed by atoms with Crippen molar-refractivity contribution in [3.63, 3.8) is 0 Å². The molecule has 2 aliphatic carbocycles. The Labute approximate surface area is 97.0 Å². The minimum Gasteiger partial charge on any atom is -0.481 e. The zero-order valence-corrected chi connectivity index (χ0v) is 9.74. The molecule has 2 heteroatoms. The van der Waals surface area contributed by atoms with Crippen molar-refractivity contribution in [2.75, 3.05) is 0 Å². The second kappa shape index (κ2) is 5.33. The quantitative estimate of drug-likeness (QED) is 0.736. The highest BCUT2D eigenvalue weighted by molar-refractivity contribution is 5.70. The van der Waals surface area contributed by atoms with Gasteiger partial charge in [0.05, 0.1) is 5.92 Å². The second-order valence-corrected chi connectivity index (χ2v) is 4.96. The van der Waals surface area contributed by atoms with Gasteiger partial charge in [-0.3, -0.25) is 4.79 Å². The fourth-order valence-electron chi connectivity index (χ4n) is 2.70. The van der Waals surface area contributed by atoms with Crippen molar-refractivity contribution < 1.29 is 9.90 Å². The van der Waals surface area contributed by atoms with Crippen molar-refractivity contribution >= 4 is 5.97 Å². The van der Waals surface area contributed by atoms with E-state index in [9.17, 15) is 4.79 Å². The lowest BCUT2D eigenvalue weighted by Crippen LogP contribution is -2.17. The molecule has 0 aromatic carbocycles. The van der Waals surface area contributed by atoms with E-state index in [1.165, 1.54) is 36.8 Å². The Hall–Kier alpha value is -1.05. The minimum atomic E-state index is -0.622. The van der Waals surface area contributed by atoms with Gasteiger partial charge in [-0.05, 0) is 51.4 Å². The van der Waals surface area contributed by atoms with Crippen LogP contribution in [-0.2, 0) is 4.79 Å². The summed E-state index contributed by atoms with van der Waals surface area (Å²) in [6.07, 6.45) is 13.2. The zero-order valence-electron chi connectivity index (χ0n) is 9.74. The molecule has 0 spiro atoms. The predicted molar refractivity (Wildman–Crippen MR) is 64.2 cm³/mol. The number of carboxylic acid groups (broad SMARTS) is 1. The molecule has 16 heavy (non-hydrogen) atoms. The molecule has 2 rings (SSSR count). The summed E-state index contributed by atoms with van der Waals surface area (Å²) in [5, 5.41) is 9.02. The smallest absolute Gasteiger partial charge is 0.306 e. The number of carbonyl (C=O) groups is 1. The summed E-state index contributed by atoms with van der Waals surface area (Å²) < 4.78 is 0. The number of hydrogen-bond acceptors (Lipinski definition) is 1. The topological polar surface area (TPSA) is 37.3 Å². The van der Waals surface area contributed by atoms with E-state index in [1.54, 1.807) is 0 Å². The third-order valence-corrected chi connectivity index (χ3v) is 3.65. The highest BCUT2D eigenvalue weighted by Gasteiger charge is 2.22. The Bertz CT molecular complexity index is 326. The second-order valence-electron chi connectivity index (χ2n) is 4.96. The molecule has 1 N–H and O–H groups in total. The fraction of sp³-hybridized carbons (Fsp3) is 0.643. The Morgan fingerprint density at radius 3 is 2.75 bits per heavy atom. The van der Waals surface area contributed by atoms with Gasteiger partial charge in [0.2, 0.25) is 0 Å². The molecule has 0 heterocycles. The van der Waals surface area contributed by atoms with Crippen LogP contribution < -0.4 is 0 Å². The molecule has 0 aliphatic heterocycles. The van der Waals surface area contributed by atoms with Gasteiger partial charge in [0.25, 0.3) is 0 Å². The number of allylic oxidation sites excluding steroid dienone is 4. The number of rotatable bonds is 3. The standard InChI is InChI=1S/C14H20O2/c15-14(16)13-8-4-7-12(10-13)9-11-5-2-1-3-6-11/h5,7,13H,1-4,6,8-10H2,(H,15,16). The molecule has 0 radical (unpaired) electrons. The Kier molecular flexibility index (Phi) is 3.81. The van der Waals surface area contributed by atoms with Crippen LogP contribution in [0.15, 0.2) is 23.3 Å². The van der Waals surface area contributed by atoms with Gasteiger partial charge in [0.15, 0.2) is 0 Å². The SMILES string of the molecule is O=C(O)C1CCC=C(CC2=CCCCC2)C1. The van der Waals surface area contributed by atoms with Gasteiger partial charge in [-0.1, -0.05) is 23.3 Å². The Morgan fingerprint density at radius 2 is 2.06 bits per heavy atom. The molecular formula is C14H20O2. The van der Waals surface area contributed by atoms with Crippen molar-refractivity contribution in [2.45, 2.75) is 51.4 Å². The average molecular weight is 220 g/mol. The van der Waals surface area contributed by atoms with Crippen LogP contribution in [0.2, 0.25) is 0 Å². The van der Waals surface area contributed by atoms with Crippen molar-refractivity contribution in [3.05, 3.63) is 23.3 Å². The van der Waals surface area contributed by atoms with Crippen LogP contribution in [0, 0.1) is 5.92 Å². The predicted octanol–water partition coefficient (Wildman–Crippen LogP) is 3.69. The monoisotopic (exact) mass is 220 g/mol. The first-order chi connectivity index (χ1) is 7.75. The lowest BCUT2D eigenvalue weighted by atomic mass is 9.84. The molecule has 0 saturated heterocycles. The van der Waals surface area contributed by atoms with E-state index in [0.717, 1.165) is 25.7 Å². The lowest BCUT2D eigenvalue weighted by Gasteiger charge is -2.21. The third-order valence-electron chi connectivity index (χ3n) is 3.65. The van der Waals surface area contributed by atoms with Crippen LogP contribution >= 0.6 is 0 Å². The van der Waals surface area contributed by atoms with Crippen LogP contribution in [0.25, 0.3) is 0 Å². The van der Waals surface area contributed by atoms with E-state index in [4.69, 9.17) is 5.11 Å². The normalized spacial score (nSPS) is 25.9. The molecule has 1 atom stereocenters. The highest BCUT2D eigenvalue weighted by atomic mass is 16.4. The van der Waals surface area contributed by atoms with E-state index in [-0.39, 0.29) is 5.92 Å². The molecule has 0 amide bonds. The van der Waals surface area contributed by atoms with Gasteiger partial charge in [0.1, 0.15) is 0 Å². The van der Waals surface area contributed by atoms with Crippen molar-refractivity contribution in [3.8, 4) is 0 Å². The summed E-state index contributed by atoms with van der Waals surface area (Å²) in [4.78, 5) is 11.0. The Balaban J connectivity index is 1.92. The Morgan fingerprint density at radius 1 is 1.25 bits per heavy atom. The highest BCUT2D eigenvalue weighted by Crippen LogP contribution is 2.31. The van der Waals surface area contributed by atoms with E-state index >= 15 is 0 Å². The number of carboxylic acids is 1. The van der Waals surface area contributed by atoms with Gasteiger partial charge in [-0.2, -0.15) is 0 Å². The molecule has 88 valence electrons. The third kappa shape index (κ3) is 2.97. The largest absolute Gasteiger partial charge is 0.481 e. The number of aliphatic carboxylic acids is 1. The molecule has 0 fully saturated rings. The average Bonchev–Trinajstić information content (AvgIpc) is 2.30. The first kappa shape index (κ1) is 11.4. The summed E-state index contributed by atoms with van der Waals surface area (Å²) in [5.41, 5.74) is 2.88. The molecule has 1 unspecified atom stereocenters.